The van der Waals surface area contributed by atoms with E-state index in [1.165, 1.54) is 0 Å². The molecule has 0 fully saturated rings. The van der Waals surface area contributed by atoms with E-state index in [9.17, 15) is 0 Å². The Bertz CT molecular complexity index is 511. The first-order chi connectivity index (χ1) is 8.56. The minimum atomic E-state index is 0.407. The first kappa shape index (κ1) is 12.6. The highest BCUT2D eigenvalue weighted by Gasteiger charge is 2.09. The molecule has 2 aromatic rings. The molecule has 0 aromatic carbocycles. The lowest BCUT2D eigenvalue weighted by Gasteiger charge is -2.09. The summed E-state index contributed by atoms with van der Waals surface area (Å²) in [6, 6.07) is 2.31. The summed E-state index contributed by atoms with van der Waals surface area (Å²) in [4.78, 5) is 12.9. The van der Waals surface area contributed by atoms with Crippen LogP contribution in [0.5, 0.6) is 0 Å². The van der Waals surface area contributed by atoms with Gasteiger partial charge < -0.3 is 5.32 Å². The summed E-state index contributed by atoms with van der Waals surface area (Å²) in [7, 11) is 0. The van der Waals surface area contributed by atoms with E-state index >= 15 is 0 Å². The fourth-order valence-corrected chi connectivity index (χ4v) is 1.68. The summed E-state index contributed by atoms with van der Waals surface area (Å²) >= 11 is 0. The Labute approximate surface area is 106 Å². The molecule has 0 aliphatic rings. The summed E-state index contributed by atoms with van der Waals surface area (Å²) in [5.41, 5.74) is 0.927. The molecule has 0 saturated heterocycles. The lowest BCUT2D eigenvalue weighted by atomic mass is 10.4. The monoisotopic (exact) mass is 246 g/mol. The van der Waals surface area contributed by atoms with Gasteiger partial charge in [-0.05, 0) is 13.8 Å². The zero-order valence-corrected chi connectivity index (χ0v) is 11.2. The number of aromatic nitrogens is 5. The van der Waals surface area contributed by atoms with Crippen molar-refractivity contribution < 1.29 is 0 Å². The Morgan fingerprint density at radius 2 is 2.06 bits per heavy atom. The van der Waals surface area contributed by atoms with Gasteiger partial charge in [0.25, 0.3) is 0 Å². The highest BCUT2D eigenvalue weighted by atomic mass is 15.4. The molecule has 0 amide bonds. The number of nitrogens with one attached hydrogen (secondary N) is 1. The standard InChI is InChI=1S/C12H18N6/c1-8(2)13-6-12-14-7-15-18(12)11-5-9(3)16-10(4)17-11/h5,7-8,13H,6H2,1-4H3. The zero-order valence-electron chi connectivity index (χ0n) is 11.2. The minimum Gasteiger partial charge on any atom is -0.308 e. The van der Waals surface area contributed by atoms with Crippen molar-refractivity contribution in [3.63, 3.8) is 0 Å². The Morgan fingerprint density at radius 1 is 1.28 bits per heavy atom. The fraction of sp³-hybridized carbons (Fsp3) is 0.500. The van der Waals surface area contributed by atoms with Gasteiger partial charge in [-0.3, -0.25) is 0 Å². The van der Waals surface area contributed by atoms with Gasteiger partial charge >= 0.3 is 0 Å². The molecule has 6 heteroatoms. The summed E-state index contributed by atoms with van der Waals surface area (Å²) in [5, 5.41) is 7.54. The second-order valence-electron chi connectivity index (χ2n) is 4.54. The predicted molar refractivity (Wildman–Crippen MR) is 68.4 cm³/mol. The van der Waals surface area contributed by atoms with Crippen molar-refractivity contribution in [1.29, 1.82) is 0 Å². The van der Waals surface area contributed by atoms with E-state index in [4.69, 9.17) is 0 Å². The summed E-state index contributed by atoms with van der Waals surface area (Å²) in [6.07, 6.45) is 1.55. The molecule has 6 nitrogen and oxygen atoms in total. The molecular formula is C12H18N6. The van der Waals surface area contributed by atoms with Crippen LogP contribution in [0.15, 0.2) is 12.4 Å². The van der Waals surface area contributed by atoms with Crippen LogP contribution in [-0.4, -0.2) is 30.8 Å². The maximum Gasteiger partial charge on any atom is 0.159 e. The van der Waals surface area contributed by atoms with Gasteiger partial charge in [0.2, 0.25) is 0 Å². The molecule has 0 aliphatic heterocycles. The van der Waals surface area contributed by atoms with E-state index in [-0.39, 0.29) is 0 Å². The average molecular weight is 246 g/mol. The summed E-state index contributed by atoms with van der Waals surface area (Å²) < 4.78 is 1.75. The Balaban J connectivity index is 2.30. The maximum absolute atomic E-state index is 4.39. The SMILES string of the molecule is Cc1cc(-n2ncnc2CNC(C)C)nc(C)n1. The minimum absolute atomic E-state index is 0.407. The van der Waals surface area contributed by atoms with Crippen molar-refractivity contribution in [2.75, 3.05) is 0 Å². The lowest BCUT2D eigenvalue weighted by molar-refractivity contribution is 0.561. The van der Waals surface area contributed by atoms with Gasteiger partial charge in [-0.15, -0.1) is 0 Å². The van der Waals surface area contributed by atoms with Crippen molar-refractivity contribution >= 4 is 0 Å². The quantitative estimate of drug-likeness (QED) is 0.877. The van der Waals surface area contributed by atoms with Gasteiger partial charge in [-0.2, -0.15) is 9.78 Å². The van der Waals surface area contributed by atoms with Crippen molar-refractivity contribution in [3.05, 3.63) is 29.7 Å². The third-order valence-corrected chi connectivity index (χ3v) is 2.46. The number of aryl methyl sites for hydroxylation is 2. The van der Waals surface area contributed by atoms with E-state index in [2.05, 4.69) is 39.2 Å². The van der Waals surface area contributed by atoms with Crippen LogP contribution in [0.4, 0.5) is 0 Å². The third-order valence-electron chi connectivity index (χ3n) is 2.46. The highest BCUT2D eigenvalue weighted by Crippen LogP contribution is 2.07. The van der Waals surface area contributed by atoms with Gasteiger partial charge in [0.05, 0.1) is 6.54 Å². The third kappa shape index (κ3) is 2.89. The Morgan fingerprint density at radius 3 is 2.72 bits per heavy atom. The molecule has 0 atom stereocenters. The Hall–Kier alpha value is -1.82. The normalized spacial score (nSPS) is 11.2. The van der Waals surface area contributed by atoms with E-state index in [1.54, 1.807) is 11.0 Å². The van der Waals surface area contributed by atoms with Crippen molar-refractivity contribution in [1.82, 2.24) is 30.0 Å². The summed E-state index contributed by atoms with van der Waals surface area (Å²) in [5.74, 6) is 2.35. The van der Waals surface area contributed by atoms with Crippen molar-refractivity contribution in [2.24, 2.45) is 0 Å². The van der Waals surface area contributed by atoms with Crippen molar-refractivity contribution in [3.8, 4) is 5.82 Å². The van der Waals surface area contributed by atoms with Crippen LogP contribution in [0.25, 0.3) is 5.82 Å². The summed E-state index contributed by atoms with van der Waals surface area (Å²) in [6.45, 7) is 8.68. The lowest BCUT2D eigenvalue weighted by Crippen LogP contribution is -2.24. The zero-order chi connectivity index (χ0) is 13.1. The molecular weight excluding hydrogens is 228 g/mol. The number of nitrogens with zero attached hydrogens (tertiary/aromatic N) is 5. The van der Waals surface area contributed by atoms with E-state index in [0.29, 0.717) is 12.6 Å². The molecule has 1 N–H and O–H groups in total. The molecule has 2 rings (SSSR count). The first-order valence-electron chi connectivity index (χ1n) is 6.01. The molecule has 0 spiro atoms. The molecule has 2 aromatic heterocycles. The molecule has 0 saturated carbocycles. The largest absolute Gasteiger partial charge is 0.308 e. The molecule has 0 unspecified atom stereocenters. The van der Waals surface area contributed by atoms with E-state index < -0.39 is 0 Å². The topological polar surface area (TPSA) is 68.5 Å². The molecule has 2 heterocycles. The fourth-order valence-electron chi connectivity index (χ4n) is 1.68. The van der Waals surface area contributed by atoms with Gasteiger partial charge in [-0.1, -0.05) is 13.8 Å². The molecule has 0 bridgehead atoms. The number of hydrogen-bond acceptors (Lipinski definition) is 5. The van der Waals surface area contributed by atoms with Crippen LogP contribution < -0.4 is 5.32 Å². The average Bonchev–Trinajstić information content (AvgIpc) is 2.72. The van der Waals surface area contributed by atoms with Crippen LogP contribution in [0.3, 0.4) is 0 Å². The van der Waals surface area contributed by atoms with Crippen molar-refractivity contribution in [2.45, 2.75) is 40.3 Å². The number of rotatable bonds is 4. The molecule has 96 valence electrons. The van der Waals surface area contributed by atoms with E-state index in [0.717, 1.165) is 23.2 Å². The van der Waals surface area contributed by atoms with Crippen LogP contribution in [0.1, 0.15) is 31.2 Å². The highest BCUT2D eigenvalue weighted by molar-refractivity contribution is 5.24. The van der Waals surface area contributed by atoms with Crippen LogP contribution in [0.2, 0.25) is 0 Å². The molecule has 0 radical (unpaired) electrons. The second-order valence-corrected chi connectivity index (χ2v) is 4.54. The van der Waals surface area contributed by atoms with Crippen LogP contribution in [0, 0.1) is 13.8 Å². The smallest absolute Gasteiger partial charge is 0.159 e. The van der Waals surface area contributed by atoms with E-state index in [1.807, 2.05) is 19.9 Å². The van der Waals surface area contributed by atoms with Crippen LogP contribution >= 0.6 is 0 Å². The maximum atomic E-state index is 4.39. The molecule has 18 heavy (non-hydrogen) atoms. The number of hydrogen-bond donors (Lipinski definition) is 1. The van der Waals surface area contributed by atoms with Gasteiger partial charge in [0.1, 0.15) is 18.0 Å². The Kier molecular flexibility index (Phi) is 3.66. The van der Waals surface area contributed by atoms with Gasteiger partial charge in [0.15, 0.2) is 5.82 Å². The predicted octanol–water partition coefficient (Wildman–Crippen LogP) is 1.17. The van der Waals surface area contributed by atoms with Gasteiger partial charge in [0, 0.05) is 17.8 Å². The first-order valence-corrected chi connectivity index (χ1v) is 6.01. The van der Waals surface area contributed by atoms with Gasteiger partial charge in [-0.25, -0.2) is 15.0 Å². The van der Waals surface area contributed by atoms with Crippen LogP contribution in [-0.2, 0) is 6.54 Å². The second kappa shape index (κ2) is 5.22. The molecule has 0 aliphatic carbocycles.